The van der Waals surface area contributed by atoms with E-state index in [-0.39, 0.29) is 12.1 Å². The molecule has 4 aromatic rings. The fourth-order valence-electron chi connectivity index (χ4n) is 15.8. The highest BCUT2D eigenvalue weighted by molar-refractivity contribution is 7.99. The molecule has 8 atom stereocenters. The lowest BCUT2D eigenvalue weighted by Crippen LogP contribution is -2.51. The van der Waals surface area contributed by atoms with Crippen LogP contribution in [0, 0.1) is 46.3 Å². The van der Waals surface area contributed by atoms with Gasteiger partial charge in [0.2, 0.25) is 5.89 Å². The summed E-state index contributed by atoms with van der Waals surface area (Å²) in [4.78, 5) is 30.6. The van der Waals surface area contributed by atoms with Crippen LogP contribution in [0.1, 0.15) is 276 Å². The Morgan fingerprint density at radius 1 is 0.674 bits per heavy atom. The number of aromatic nitrogens is 2. The molecule has 3 saturated carbocycles. The molecule has 0 bridgehead atoms. The van der Waals surface area contributed by atoms with Crippen LogP contribution in [0.5, 0.6) is 11.5 Å². The summed E-state index contributed by atoms with van der Waals surface area (Å²) in [5.41, 5.74) is 5.43. The van der Waals surface area contributed by atoms with Crippen molar-refractivity contribution in [3.63, 3.8) is 0 Å². The summed E-state index contributed by atoms with van der Waals surface area (Å²) in [6, 6.07) is 22.3. The highest BCUT2D eigenvalue weighted by Crippen LogP contribution is 2.67. The second kappa shape index (κ2) is 35.5. The van der Waals surface area contributed by atoms with Crippen LogP contribution in [0.2, 0.25) is 0 Å². The maximum Gasteiger partial charge on any atom is 0.343 e. The number of allylic oxidation sites excluding steroid dienone is 1. The first-order valence-electron chi connectivity index (χ1n) is 35.0. The van der Waals surface area contributed by atoms with E-state index in [4.69, 9.17) is 18.6 Å². The minimum absolute atomic E-state index is 0.0159. The molecule has 3 fully saturated rings. The van der Waals surface area contributed by atoms with Gasteiger partial charge in [0.1, 0.15) is 17.6 Å². The predicted octanol–water partition coefficient (Wildman–Crippen LogP) is 22.1. The summed E-state index contributed by atoms with van der Waals surface area (Å²) >= 11 is 1.62. The third-order valence-corrected chi connectivity index (χ3v) is 21.8. The predicted molar refractivity (Wildman–Crippen MR) is 356 cm³/mol. The lowest BCUT2D eigenvalue weighted by atomic mass is 9.47. The van der Waals surface area contributed by atoms with Crippen molar-refractivity contribution in [1.29, 1.82) is 0 Å². The van der Waals surface area contributed by atoms with E-state index in [0.717, 1.165) is 102 Å². The van der Waals surface area contributed by atoms with Gasteiger partial charge in [0.25, 0.3) is 5.22 Å². The Morgan fingerprint density at radius 2 is 1.31 bits per heavy atom. The highest BCUT2D eigenvalue weighted by atomic mass is 32.2. The molecule has 86 heavy (non-hydrogen) atoms. The largest absolute Gasteiger partial charge is 0.494 e. The molecule has 0 radical (unpaired) electrons. The van der Waals surface area contributed by atoms with Crippen LogP contribution in [0.3, 0.4) is 0 Å². The third-order valence-electron chi connectivity index (χ3n) is 20.9. The van der Waals surface area contributed by atoms with Gasteiger partial charge >= 0.3 is 11.9 Å². The molecule has 1 aromatic heterocycles. The van der Waals surface area contributed by atoms with Crippen LogP contribution in [0.15, 0.2) is 99.1 Å². The first kappa shape index (κ1) is 67.2. The molecule has 1 heterocycles. The molecule has 4 aliphatic carbocycles. The minimum atomic E-state index is -0.408. The van der Waals surface area contributed by atoms with Gasteiger partial charge in [0.15, 0.2) is 0 Å². The lowest BCUT2D eigenvalue weighted by molar-refractivity contribution is -0.151. The van der Waals surface area contributed by atoms with E-state index >= 15 is 0 Å². The van der Waals surface area contributed by atoms with Crippen molar-refractivity contribution in [1.82, 2.24) is 10.2 Å². The van der Waals surface area contributed by atoms with E-state index in [1.54, 1.807) is 47.8 Å². The summed E-state index contributed by atoms with van der Waals surface area (Å²) in [7, 11) is 0. The number of nitrogens with zero attached hydrogens (tertiary/aromatic N) is 3. The fourth-order valence-corrected chi connectivity index (χ4v) is 16.5. The Morgan fingerprint density at radius 3 is 1.99 bits per heavy atom. The number of unbranched alkanes of at least 4 members (excludes halogenated alkanes) is 20. The van der Waals surface area contributed by atoms with E-state index in [1.807, 2.05) is 48.5 Å². The lowest BCUT2D eigenvalue weighted by Gasteiger charge is -2.58. The van der Waals surface area contributed by atoms with Crippen LogP contribution in [0.4, 0.5) is 5.69 Å². The number of fused-ring (bicyclic) bond motifs is 5. The molecule has 10 heteroatoms. The Kier molecular flexibility index (Phi) is 27.7. The van der Waals surface area contributed by atoms with E-state index in [1.165, 1.54) is 173 Å². The first-order chi connectivity index (χ1) is 41.9. The van der Waals surface area contributed by atoms with Crippen LogP contribution in [-0.4, -0.2) is 46.8 Å². The first-order valence-corrected chi connectivity index (χ1v) is 35.9. The number of carbonyl (C=O) groups excluding carboxylic acids is 2. The number of ether oxygens (including phenoxy) is 3. The summed E-state index contributed by atoms with van der Waals surface area (Å²) in [5, 5.41) is 9.19. The zero-order chi connectivity index (χ0) is 60.4. The van der Waals surface area contributed by atoms with Crippen LogP contribution < -0.4 is 9.47 Å². The molecule has 8 rings (SSSR count). The summed E-state index contributed by atoms with van der Waals surface area (Å²) in [5.74, 6) is 7.38. The van der Waals surface area contributed by atoms with E-state index in [0.29, 0.717) is 46.3 Å². The van der Waals surface area contributed by atoms with Gasteiger partial charge in [-0.3, -0.25) is 9.79 Å². The molecule has 0 N–H and O–H groups in total. The standard InChI is InChI=1S/C76H111N3O6S/c1-7-8-9-10-11-12-13-14-15-16-18-21-24-27-53-82-64-44-37-61(38-45-64)73(81)84-65-42-33-59(34-43-65)56-77-63-40-35-60(36-41-63)72-78-79-74(85-72)86-54-28-25-22-19-17-20-23-26-32-71(80)83-66-49-51-75(5)62(55-66)39-46-67-69-48-47-68(58(4)31-29-30-57(2)3)76(69,6)52-50-70(67)75/h33-45,56-58,66-70H,7-32,46-55H2,1-6H3/t58-,66?,67+,68-,69+,70+,75+,76-/m1/s1. The van der Waals surface area contributed by atoms with Crippen molar-refractivity contribution in [2.75, 3.05) is 12.4 Å². The van der Waals surface area contributed by atoms with Crippen molar-refractivity contribution < 1.29 is 28.2 Å². The summed E-state index contributed by atoms with van der Waals surface area (Å²) < 4.78 is 23.8. The maximum atomic E-state index is 13.0. The van der Waals surface area contributed by atoms with Gasteiger partial charge in [-0.1, -0.05) is 206 Å². The van der Waals surface area contributed by atoms with Gasteiger partial charge in [-0.25, -0.2) is 4.79 Å². The number of aliphatic imine (C=N–C) groups is 1. The van der Waals surface area contributed by atoms with Gasteiger partial charge in [-0.05, 0) is 189 Å². The van der Waals surface area contributed by atoms with Crippen molar-refractivity contribution in [2.45, 2.75) is 271 Å². The van der Waals surface area contributed by atoms with Crippen molar-refractivity contribution >= 4 is 35.6 Å². The molecular formula is C76H111N3O6S. The second-order valence-corrected chi connectivity index (χ2v) is 28.7. The number of carbonyl (C=O) groups is 2. The van der Waals surface area contributed by atoms with Gasteiger partial charge in [0, 0.05) is 30.4 Å². The number of hydrogen-bond acceptors (Lipinski definition) is 10. The van der Waals surface area contributed by atoms with Gasteiger partial charge in [-0.2, -0.15) is 0 Å². The average Bonchev–Trinajstić information content (AvgIpc) is 1.75. The quantitative estimate of drug-likeness (QED) is 0.0108. The number of thioether (sulfide) groups is 1. The second-order valence-electron chi connectivity index (χ2n) is 27.7. The van der Waals surface area contributed by atoms with Crippen LogP contribution >= 0.6 is 11.8 Å². The Hall–Kier alpha value is -4.70. The number of hydrogen-bond donors (Lipinski definition) is 0. The van der Waals surface area contributed by atoms with Crippen LogP contribution in [0.25, 0.3) is 11.5 Å². The smallest absolute Gasteiger partial charge is 0.343 e. The maximum absolute atomic E-state index is 13.0. The summed E-state index contributed by atoms with van der Waals surface area (Å²) in [6.07, 6.45) is 47.2. The third kappa shape index (κ3) is 20.4. The molecular weight excluding hydrogens is 1080 g/mol. The molecule has 1 unspecified atom stereocenters. The van der Waals surface area contributed by atoms with Crippen molar-refractivity contribution in [3.8, 4) is 23.0 Å². The summed E-state index contributed by atoms with van der Waals surface area (Å²) in [6.45, 7) is 15.6. The highest BCUT2D eigenvalue weighted by Gasteiger charge is 2.59. The van der Waals surface area contributed by atoms with E-state index < -0.39 is 5.97 Å². The average molecular weight is 1190 g/mol. The number of benzene rings is 3. The normalized spacial score (nSPS) is 23.0. The van der Waals surface area contributed by atoms with Crippen molar-refractivity contribution in [2.24, 2.45) is 51.3 Å². The SMILES string of the molecule is CCCCCCCCCCCCCCCCOc1ccc(C(=O)Oc2ccc(C=Nc3ccc(-c4nnc(SCCCCCCCCCCC(=O)OC5CC[C@@]6(C)C(=CC[C@H]7[C@@H]8CC[C@H]([C@H](C)CCCC(C)C)[C@@]8(C)CC[C@@H]76)C5)o4)cc3)cc2)cc1. The molecule has 0 spiro atoms. The number of rotatable bonds is 39. The molecule has 472 valence electrons. The van der Waals surface area contributed by atoms with E-state index in [9.17, 15) is 9.59 Å². The molecule has 4 aliphatic rings. The topological polar surface area (TPSA) is 113 Å². The van der Waals surface area contributed by atoms with E-state index in [2.05, 4.69) is 62.8 Å². The molecule has 3 aromatic carbocycles. The monoisotopic (exact) mass is 1190 g/mol. The van der Waals surface area contributed by atoms with Crippen molar-refractivity contribution in [3.05, 3.63) is 95.6 Å². The molecule has 0 saturated heterocycles. The fraction of sp³-hybridized carbons (Fsp3) is 0.671. The van der Waals surface area contributed by atoms with Crippen LogP contribution in [-0.2, 0) is 9.53 Å². The zero-order valence-electron chi connectivity index (χ0n) is 54.3. The Balaban J connectivity index is 0.620. The van der Waals surface area contributed by atoms with Gasteiger partial charge < -0.3 is 18.6 Å². The molecule has 0 aliphatic heterocycles. The zero-order valence-corrected chi connectivity index (χ0v) is 55.1. The number of esters is 2. The molecule has 0 amide bonds. The van der Waals surface area contributed by atoms with Gasteiger partial charge in [0.05, 0.1) is 17.9 Å². The van der Waals surface area contributed by atoms with Gasteiger partial charge in [-0.15, -0.1) is 10.2 Å². The Bertz CT molecular complexity index is 2660. The Labute approximate surface area is 524 Å². The molecule has 9 nitrogen and oxygen atoms in total. The minimum Gasteiger partial charge on any atom is -0.494 e.